The second-order valence-electron chi connectivity index (χ2n) is 13.3. The number of amidine groups is 1. The summed E-state index contributed by atoms with van der Waals surface area (Å²) < 4.78 is 5.58. The summed E-state index contributed by atoms with van der Waals surface area (Å²) in [6.07, 6.45) is 2.53. The Bertz CT molecular complexity index is 2070. The third kappa shape index (κ3) is 8.21. The Hall–Kier alpha value is -5.81. The number of carbonyl (C=O) groups is 3. The molecule has 4 aromatic carbocycles. The lowest BCUT2D eigenvalue weighted by Crippen LogP contribution is -2.54. The van der Waals surface area contributed by atoms with Gasteiger partial charge >= 0.3 is 5.97 Å². The van der Waals surface area contributed by atoms with E-state index in [1.165, 1.54) is 0 Å². The van der Waals surface area contributed by atoms with Gasteiger partial charge in [-0.2, -0.15) is 0 Å². The minimum absolute atomic E-state index is 0.0173. The Morgan fingerprint density at radius 3 is 2.35 bits per heavy atom. The number of H-pyrrole nitrogens is 1. The number of carbonyl (C=O) groups excluding carboxylic acids is 3. The molecule has 0 spiro atoms. The molecule has 2 heterocycles. The smallest absolute Gasteiger partial charge is 0.319 e. The van der Waals surface area contributed by atoms with Crippen LogP contribution in [0.4, 0.5) is 5.69 Å². The number of aromatic amines is 1. The first-order chi connectivity index (χ1) is 25.1. The lowest BCUT2D eigenvalue weighted by molar-refractivity contribution is -0.144. The van der Waals surface area contributed by atoms with Crippen LogP contribution in [0.3, 0.4) is 0 Å². The topological polar surface area (TPSA) is 152 Å². The fourth-order valence-electron chi connectivity index (χ4n) is 6.66. The molecular formula is C41H45N7O4. The maximum absolute atomic E-state index is 14.1. The van der Waals surface area contributed by atoms with Crippen molar-refractivity contribution in [3.63, 3.8) is 0 Å². The highest BCUT2D eigenvalue weighted by atomic mass is 16.5. The van der Waals surface area contributed by atoms with Gasteiger partial charge in [0.05, 0.1) is 30.7 Å². The van der Waals surface area contributed by atoms with Crippen molar-refractivity contribution in [3.05, 3.63) is 130 Å². The van der Waals surface area contributed by atoms with Crippen LogP contribution in [0.2, 0.25) is 0 Å². The number of rotatable bonds is 13. The highest BCUT2D eigenvalue weighted by molar-refractivity contribution is 6.11. The summed E-state index contributed by atoms with van der Waals surface area (Å²) in [5.74, 6) is -0.0974. The average Bonchev–Trinajstić information content (AvgIpc) is 3.85. The number of likely N-dealkylation sites (tertiary alicyclic amines) is 1. The third-order valence-electron chi connectivity index (χ3n) is 9.71. The summed E-state index contributed by atoms with van der Waals surface area (Å²) in [6, 6.07) is 27.9. The van der Waals surface area contributed by atoms with Crippen molar-refractivity contribution < 1.29 is 19.1 Å². The Balaban J connectivity index is 1.12. The third-order valence-corrected chi connectivity index (χ3v) is 9.71. The molecule has 1 fully saturated rings. The molecule has 6 rings (SSSR count). The lowest BCUT2D eigenvalue weighted by atomic mass is 9.86. The lowest BCUT2D eigenvalue weighted by Gasteiger charge is -2.35. The Kier molecular flexibility index (Phi) is 11.1. The number of aromatic nitrogens is 2. The van der Waals surface area contributed by atoms with Crippen molar-refractivity contribution >= 4 is 40.3 Å². The van der Waals surface area contributed by atoms with Crippen LogP contribution in [0.5, 0.6) is 0 Å². The van der Waals surface area contributed by atoms with E-state index in [9.17, 15) is 14.4 Å². The quantitative estimate of drug-likeness (QED) is 0.0596. The predicted molar refractivity (Wildman–Crippen MR) is 202 cm³/mol. The van der Waals surface area contributed by atoms with Gasteiger partial charge in [0.25, 0.3) is 5.91 Å². The van der Waals surface area contributed by atoms with E-state index in [0.29, 0.717) is 43.0 Å². The van der Waals surface area contributed by atoms with Crippen LogP contribution >= 0.6 is 0 Å². The van der Waals surface area contributed by atoms with Gasteiger partial charge in [-0.15, -0.1) is 0 Å². The molecule has 11 heteroatoms. The summed E-state index contributed by atoms with van der Waals surface area (Å²) in [5.41, 5.74) is 6.19. The van der Waals surface area contributed by atoms with Crippen molar-refractivity contribution in [2.24, 2.45) is 0 Å². The number of anilines is 1. The van der Waals surface area contributed by atoms with Gasteiger partial charge in [0.2, 0.25) is 5.91 Å². The van der Waals surface area contributed by atoms with Crippen molar-refractivity contribution in [1.82, 2.24) is 25.5 Å². The summed E-state index contributed by atoms with van der Waals surface area (Å²) in [7, 11) is 0. The molecule has 1 aromatic heterocycles. The maximum Gasteiger partial charge on any atom is 0.319 e. The van der Waals surface area contributed by atoms with Gasteiger partial charge in [0.1, 0.15) is 17.2 Å². The SMILES string of the molecule is Cc1ccccc1CCOC(=O)CN[C@@](C)(C(=O)N1CCCC1)c1ccc2[nH]c(CNc3ccc(C(=N)NC(=O)c4ccccc4)cc3)nc2c1C. The van der Waals surface area contributed by atoms with Gasteiger partial charge in [-0.1, -0.05) is 48.5 Å². The van der Waals surface area contributed by atoms with E-state index in [1.54, 1.807) is 36.4 Å². The number of benzene rings is 4. The molecular weight excluding hydrogens is 654 g/mol. The number of aryl methyl sites for hydroxylation is 2. The second-order valence-corrected chi connectivity index (χ2v) is 13.3. The summed E-state index contributed by atoms with van der Waals surface area (Å²) in [4.78, 5) is 49.6. The monoisotopic (exact) mass is 699 g/mol. The normalized spacial score (nSPS) is 13.8. The molecule has 1 aliphatic heterocycles. The number of fused-ring (bicyclic) bond motifs is 1. The number of hydrogen-bond donors (Lipinski definition) is 5. The van der Waals surface area contributed by atoms with E-state index in [2.05, 4.69) is 20.9 Å². The predicted octanol–water partition coefficient (Wildman–Crippen LogP) is 5.76. The van der Waals surface area contributed by atoms with E-state index < -0.39 is 11.5 Å². The van der Waals surface area contributed by atoms with Gasteiger partial charge in [-0.3, -0.25) is 25.1 Å². The van der Waals surface area contributed by atoms with Crippen LogP contribution in [0.25, 0.3) is 11.0 Å². The first-order valence-electron chi connectivity index (χ1n) is 17.6. The van der Waals surface area contributed by atoms with Crippen LogP contribution in [0.15, 0.2) is 91.0 Å². The number of imidazole rings is 1. The van der Waals surface area contributed by atoms with Crippen LogP contribution in [0.1, 0.15) is 63.8 Å². The van der Waals surface area contributed by atoms with Crippen LogP contribution in [-0.2, 0) is 32.8 Å². The van der Waals surface area contributed by atoms with E-state index in [4.69, 9.17) is 15.1 Å². The first kappa shape index (κ1) is 36.0. The van der Waals surface area contributed by atoms with E-state index >= 15 is 0 Å². The van der Waals surface area contributed by atoms with Crippen molar-refractivity contribution in [1.29, 1.82) is 5.41 Å². The van der Waals surface area contributed by atoms with Crippen LogP contribution < -0.4 is 16.0 Å². The zero-order valence-corrected chi connectivity index (χ0v) is 29.8. The highest BCUT2D eigenvalue weighted by Gasteiger charge is 2.41. The molecule has 0 unspecified atom stereocenters. The Morgan fingerprint density at radius 1 is 0.904 bits per heavy atom. The number of hydrogen-bond acceptors (Lipinski definition) is 8. The molecule has 1 saturated heterocycles. The number of nitrogens with one attached hydrogen (secondary N) is 5. The average molecular weight is 700 g/mol. The van der Waals surface area contributed by atoms with Crippen LogP contribution in [0, 0.1) is 19.3 Å². The molecule has 0 radical (unpaired) electrons. The molecule has 5 aromatic rings. The largest absolute Gasteiger partial charge is 0.464 e. The van der Waals surface area contributed by atoms with Gasteiger partial charge in [-0.05, 0) is 98.3 Å². The second kappa shape index (κ2) is 16.0. The first-order valence-corrected chi connectivity index (χ1v) is 17.6. The molecule has 2 amide bonds. The zero-order valence-electron chi connectivity index (χ0n) is 29.8. The number of amides is 2. The number of ether oxygens (including phenoxy) is 1. The minimum atomic E-state index is -1.18. The fraction of sp³-hybridized carbons (Fsp3) is 0.293. The highest BCUT2D eigenvalue weighted by Crippen LogP contribution is 2.32. The Labute approximate surface area is 303 Å². The van der Waals surface area contributed by atoms with Gasteiger partial charge in [0, 0.05) is 36.3 Å². The molecule has 0 aliphatic carbocycles. The number of esters is 1. The molecule has 5 N–H and O–H groups in total. The molecule has 1 aliphatic rings. The molecule has 0 saturated carbocycles. The van der Waals surface area contributed by atoms with E-state index in [1.807, 2.05) is 80.3 Å². The van der Waals surface area contributed by atoms with Crippen LogP contribution in [-0.4, -0.2) is 64.7 Å². The molecule has 11 nitrogen and oxygen atoms in total. The van der Waals surface area contributed by atoms with Crippen molar-refractivity contribution in [3.8, 4) is 0 Å². The summed E-state index contributed by atoms with van der Waals surface area (Å²) >= 11 is 0. The van der Waals surface area contributed by atoms with Gasteiger partial charge in [-0.25, -0.2) is 4.98 Å². The zero-order chi connectivity index (χ0) is 36.7. The van der Waals surface area contributed by atoms with Gasteiger partial charge < -0.3 is 25.3 Å². The van der Waals surface area contributed by atoms with Crippen molar-refractivity contribution in [2.75, 3.05) is 31.6 Å². The number of nitrogens with zero attached hydrogens (tertiary/aromatic N) is 2. The molecule has 268 valence electrons. The molecule has 0 bridgehead atoms. The Morgan fingerprint density at radius 2 is 1.62 bits per heavy atom. The van der Waals surface area contributed by atoms with E-state index in [-0.39, 0.29) is 30.8 Å². The molecule has 1 atom stereocenters. The minimum Gasteiger partial charge on any atom is -0.464 e. The summed E-state index contributed by atoms with van der Waals surface area (Å²) in [5, 5.41) is 17.6. The van der Waals surface area contributed by atoms with E-state index in [0.717, 1.165) is 51.8 Å². The maximum atomic E-state index is 14.1. The standard InChI is InChI=1S/C41H45N7O4/c1-27-11-7-8-12-29(27)21-24-52-36(49)26-44-41(3,40(51)48-22-9-10-23-48)33-19-20-34-37(28(33)2)46-35(45-34)25-43-32-17-15-30(16-18-32)38(42)47-39(50)31-13-5-4-6-14-31/h4-8,11-20,43-44H,9-10,21-26H2,1-3H3,(H,45,46)(H2,42,47,50)/t41-/m1/s1. The van der Waals surface area contributed by atoms with Crippen molar-refractivity contribution in [2.45, 2.75) is 52.1 Å². The molecule has 52 heavy (non-hydrogen) atoms. The summed E-state index contributed by atoms with van der Waals surface area (Å²) in [6.45, 7) is 7.75. The fourth-order valence-corrected chi connectivity index (χ4v) is 6.66. The van der Waals surface area contributed by atoms with Gasteiger partial charge in [0.15, 0.2) is 0 Å².